The van der Waals surface area contributed by atoms with Crippen LogP contribution in [0, 0.1) is 0 Å². The number of alkyl halides is 3. The largest absolute Gasteiger partial charge is 0.494 e. The molecule has 0 spiro atoms. The molecule has 154 valence electrons. The summed E-state index contributed by atoms with van der Waals surface area (Å²) in [4.78, 5) is 9.09. The summed E-state index contributed by atoms with van der Waals surface area (Å²) in [7, 11) is 1.53. The predicted octanol–water partition coefficient (Wildman–Crippen LogP) is 5.62. The Morgan fingerprint density at radius 3 is 2.14 bits per heavy atom. The minimum absolute atomic E-state index is 0.0668. The Morgan fingerprint density at radius 1 is 0.964 bits per heavy atom. The monoisotopic (exact) mass is 397 g/mol. The first kappa shape index (κ1) is 21.8. The van der Waals surface area contributed by atoms with E-state index in [0.29, 0.717) is 24.7 Å². The van der Waals surface area contributed by atoms with Gasteiger partial charge in [0.25, 0.3) is 0 Å². The van der Waals surface area contributed by atoms with Gasteiger partial charge in [0, 0.05) is 18.9 Å². The number of anilines is 2. The molecule has 8 heteroatoms. The number of hydrogen-bond donors (Lipinski definition) is 0. The summed E-state index contributed by atoms with van der Waals surface area (Å²) in [5.41, 5.74) is -0.368. The van der Waals surface area contributed by atoms with Gasteiger partial charge in [0.15, 0.2) is 5.82 Å². The zero-order valence-corrected chi connectivity index (χ0v) is 16.4. The molecule has 0 atom stereocenters. The van der Waals surface area contributed by atoms with Crippen molar-refractivity contribution in [2.24, 2.45) is 0 Å². The highest BCUT2D eigenvalue weighted by atomic mass is 19.4. The molecule has 1 heterocycles. The lowest BCUT2D eigenvalue weighted by atomic mass is 10.2. The van der Waals surface area contributed by atoms with E-state index in [1.54, 1.807) is 24.3 Å². The van der Waals surface area contributed by atoms with Gasteiger partial charge in [0.2, 0.25) is 0 Å². The van der Waals surface area contributed by atoms with E-state index in [9.17, 15) is 13.2 Å². The minimum atomic E-state index is -4.57. The molecule has 0 N–H and O–H groups in total. The minimum Gasteiger partial charge on any atom is -0.494 e. The van der Waals surface area contributed by atoms with Crippen molar-refractivity contribution in [1.29, 1.82) is 0 Å². The number of benzene rings is 1. The van der Waals surface area contributed by atoms with Crippen LogP contribution in [-0.2, 0) is 6.18 Å². The van der Waals surface area contributed by atoms with Crippen LogP contribution in [0.25, 0.3) is 0 Å². The Kier molecular flexibility index (Phi) is 7.90. The van der Waals surface area contributed by atoms with Crippen LogP contribution in [0.1, 0.15) is 45.1 Å². The summed E-state index contributed by atoms with van der Waals surface area (Å²) < 4.78 is 51.3. The van der Waals surface area contributed by atoms with Gasteiger partial charge >= 0.3 is 12.2 Å². The van der Waals surface area contributed by atoms with Crippen LogP contribution in [0.15, 0.2) is 30.5 Å². The van der Waals surface area contributed by atoms with Crippen LogP contribution in [0.5, 0.6) is 11.8 Å². The number of rotatable bonds is 10. The fraction of sp³-hybridized carbons (Fsp3) is 0.500. The fourth-order valence-corrected chi connectivity index (χ4v) is 2.41. The van der Waals surface area contributed by atoms with Crippen LogP contribution in [0.4, 0.5) is 24.7 Å². The second-order valence-corrected chi connectivity index (χ2v) is 6.34. The first-order chi connectivity index (χ1) is 13.4. The van der Waals surface area contributed by atoms with Gasteiger partial charge in [-0.25, -0.2) is 4.98 Å². The smallest absolute Gasteiger partial charge is 0.421 e. The molecule has 28 heavy (non-hydrogen) atoms. The third-order valence-corrected chi connectivity index (χ3v) is 4.09. The lowest BCUT2D eigenvalue weighted by Crippen LogP contribution is -2.19. The lowest BCUT2D eigenvalue weighted by molar-refractivity contribution is -0.137. The van der Waals surface area contributed by atoms with Crippen LogP contribution < -0.4 is 14.4 Å². The average Bonchev–Trinajstić information content (AvgIpc) is 2.67. The zero-order valence-electron chi connectivity index (χ0n) is 16.4. The Morgan fingerprint density at radius 2 is 1.57 bits per heavy atom. The lowest BCUT2D eigenvalue weighted by Gasteiger charge is -2.22. The number of nitrogens with zero attached hydrogens (tertiary/aromatic N) is 3. The molecule has 2 aromatic rings. The Labute approximate surface area is 163 Å². The molecular weight excluding hydrogens is 371 g/mol. The standard InChI is InChI=1S/C20H26F3N3O2/c1-4-6-12-27-16-10-8-15(9-11-16)26(3)18-17(20(21,22)23)14-24-19(25-18)28-13-7-5-2/h8-11,14H,4-7,12-13H2,1-3H3. The van der Waals surface area contributed by atoms with Gasteiger partial charge in [-0.2, -0.15) is 18.2 Å². The predicted molar refractivity (Wildman–Crippen MR) is 102 cm³/mol. The molecular formula is C20H26F3N3O2. The molecule has 1 aromatic carbocycles. The maximum Gasteiger partial charge on any atom is 0.421 e. The van der Waals surface area contributed by atoms with Gasteiger partial charge in [-0.1, -0.05) is 26.7 Å². The molecule has 0 fully saturated rings. The Balaban J connectivity index is 2.25. The van der Waals surface area contributed by atoms with E-state index in [1.165, 1.54) is 11.9 Å². The van der Waals surface area contributed by atoms with Gasteiger partial charge in [-0.15, -0.1) is 0 Å². The van der Waals surface area contributed by atoms with Crippen molar-refractivity contribution in [3.8, 4) is 11.8 Å². The van der Waals surface area contributed by atoms with E-state index < -0.39 is 11.7 Å². The summed E-state index contributed by atoms with van der Waals surface area (Å²) in [5, 5.41) is 0. The van der Waals surface area contributed by atoms with Crippen molar-refractivity contribution in [2.45, 2.75) is 45.7 Å². The average molecular weight is 397 g/mol. The Bertz CT molecular complexity index is 736. The van der Waals surface area contributed by atoms with Crippen LogP contribution in [0.2, 0.25) is 0 Å². The van der Waals surface area contributed by atoms with Crippen LogP contribution >= 0.6 is 0 Å². The molecule has 0 aliphatic heterocycles. The van der Waals surface area contributed by atoms with Gasteiger partial charge < -0.3 is 14.4 Å². The van der Waals surface area contributed by atoms with E-state index in [-0.39, 0.29) is 11.8 Å². The highest BCUT2D eigenvalue weighted by Crippen LogP contribution is 2.38. The molecule has 0 unspecified atom stereocenters. The molecule has 5 nitrogen and oxygen atoms in total. The van der Waals surface area contributed by atoms with Gasteiger partial charge in [0.05, 0.1) is 13.2 Å². The summed E-state index contributed by atoms with van der Waals surface area (Å²) in [6.45, 7) is 5.02. The van der Waals surface area contributed by atoms with E-state index in [2.05, 4.69) is 16.9 Å². The van der Waals surface area contributed by atoms with E-state index in [4.69, 9.17) is 9.47 Å². The summed E-state index contributed by atoms with van der Waals surface area (Å²) in [6.07, 6.45) is -0.165. The second kappa shape index (κ2) is 10.1. The van der Waals surface area contributed by atoms with E-state index in [1.807, 2.05) is 6.92 Å². The summed E-state index contributed by atoms with van der Waals surface area (Å²) >= 11 is 0. The highest BCUT2D eigenvalue weighted by molar-refractivity contribution is 5.63. The van der Waals surface area contributed by atoms with Crippen molar-refractivity contribution in [2.75, 3.05) is 25.2 Å². The maximum absolute atomic E-state index is 13.4. The van der Waals surface area contributed by atoms with Gasteiger partial charge in [-0.05, 0) is 37.1 Å². The summed E-state index contributed by atoms with van der Waals surface area (Å²) in [5.74, 6) is 0.418. The molecule has 0 radical (unpaired) electrons. The van der Waals surface area contributed by atoms with Gasteiger partial charge in [0.1, 0.15) is 11.3 Å². The van der Waals surface area contributed by atoms with Crippen LogP contribution in [0.3, 0.4) is 0 Å². The van der Waals surface area contributed by atoms with Crippen molar-refractivity contribution in [3.63, 3.8) is 0 Å². The second-order valence-electron chi connectivity index (χ2n) is 6.34. The third-order valence-electron chi connectivity index (χ3n) is 4.09. The highest BCUT2D eigenvalue weighted by Gasteiger charge is 2.36. The quantitative estimate of drug-likeness (QED) is 0.487. The molecule has 0 saturated heterocycles. The number of aromatic nitrogens is 2. The number of unbranched alkanes of at least 4 members (excludes halogenated alkanes) is 2. The molecule has 0 saturated carbocycles. The SMILES string of the molecule is CCCCOc1ccc(N(C)c2nc(OCCCC)ncc2C(F)(F)F)cc1. The molecule has 0 bridgehead atoms. The number of halogens is 3. The number of hydrogen-bond acceptors (Lipinski definition) is 5. The molecule has 0 amide bonds. The molecule has 2 rings (SSSR count). The zero-order chi connectivity index (χ0) is 20.6. The normalized spacial score (nSPS) is 11.4. The molecule has 0 aliphatic carbocycles. The topological polar surface area (TPSA) is 47.5 Å². The summed E-state index contributed by atoms with van der Waals surface area (Å²) in [6, 6.07) is 6.79. The first-order valence-corrected chi connectivity index (χ1v) is 9.40. The van der Waals surface area contributed by atoms with E-state index >= 15 is 0 Å². The van der Waals surface area contributed by atoms with Gasteiger partial charge in [-0.3, -0.25) is 0 Å². The molecule has 1 aromatic heterocycles. The first-order valence-electron chi connectivity index (χ1n) is 9.40. The van der Waals surface area contributed by atoms with Crippen molar-refractivity contribution >= 4 is 11.5 Å². The fourth-order valence-electron chi connectivity index (χ4n) is 2.41. The number of ether oxygens (including phenoxy) is 2. The Hall–Kier alpha value is -2.51. The van der Waals surface area contributed by atoms with E-state index in [0.717, 1.165) is 31.9 Å². The molecule has 0 aliphatic rings. The van der Waals surface area contributed by atoms with Crippen molar-refractivity contribution < 1.29 is 22.6 Å². The third kappa shape index (κ3) is 6.00. The van der Waals surface area contributed by atoms with Crippen LogP contribution in [-0.4, -0.2) is 30.2 Å². The van der Waals surface area contributed by atoms with Crippen molar-refractivity contribution in [3.05, 3.63) is 36.0 Å². The van der Waals surface area contributed by atoms with Crippen molar-refractivity contribution in [1.82, 2.24) is 9.97 Å². The maximum atomic E-state index is 13.4.